The molecule has 31 heavy (non-hydrogen) atoms. The van der Waals surface area contributed by atoms with Crippen LogP contribution in [-0.2, 0) is 22.3 Å². The van der Waals surface area contributed by atoms with Gasteiger partial charge in [0.05, 0.1) is 12.2 Å². The van der Waals surface area contributed by atoms with Gasteiger partial charge in [0.2, 0.25) is 0 Å². The number of alkyl halides is 3. The number of aromatic nitrogens is 2. The number of nitrogens with zero attached hydrogens (tertiary/aromatic N) is 3. The highest BCUT2D eigenvalue weighted by Gasteiger charge is 2.30. The Kier molecular flexibility index (Phi) is 6.44. The minimum Gasteiger partial charge on any atom is -0.461 e. The van der Waals surface area contributed by atoms with Gasteiger partial charge in [-0.2, -0.15) is 18.4 Å². The van der Waals surface area contributed by atoms with Crippen molar-refractivity contribution in [1.29, 1.82) is 5.26 Å². The standard InChI is InChI=1S/C23H20F3N3O2/c1-15(2)14-31-22(30)17(11-27)10-18-13-29(21-20(18)7-4-8-28-21)12-16-5-3-6-19(9-16)23(24,25)26/h3-10,13,15H,12,14H2,1-2H3/b17-10+. The fourth-order valence-corrected chi connectivity index (χ4v) is 3.04. The van der Waals surface area contributed by atoms with Crippen LogP contribution in [0.3, 0.4) is 0 Å². The molecule has 0 aliphatic rings. The lowest BCUT2D eigenvalue weighted by molar-refractivity contribution is -0.139. The number of benzene rings is 1. The summed E-state index contributed by atoms with van der Waals surface area (Å²) < 4.78 is 45.9. The Morgan fingerprint density at radius 1 is 1.29 bits per heavy atom. The number of halogens is 3. The third-order valence-electron chi connectivity index (χ3n) is 4.46. The molecule has 0 fully saturated rings. The smallest absolute Gasteiger partial charge is 0.416 e. The first-order chi connectivity index (χ1) is 14.7. The Morgan fingerprint density at radius 2 is 2.06 bits per heavy atom. The predicted octanol–water partition coefficient (Wildman–Crippen LogP) is 5.21. The maximum Gasteiger partial charge on any atom is 0.416 e. The van der Waals surface area contributed by atoms with Gasteiger partial charge in [0.1, 0.15) is 17.3 Å². The summed E-state index contributed by atoms with van der Waals surface area (Å²) in [5.41, 5.74) is 0.633. The molecule has 1 aromatic carbocycles. The summed E-state index contributed by atoms with van der Waals surface area (Å²) in [5.74, 6) is -0.596. The summed E-state index contributed by atoms with van der Waals surface area (Å²) in [6.07, 6.45) is 0.208. The summed E-state index contributed by atoms with van der Waals surface area (Å²) in [6, 6.07) is 10.4. The zero-order valence-electron chi connectivity index (χ0n) is 17.0. The van der Waals surface area contributed by atoms with Crippen LogP contribution in [0.4, 0.5) is 13.2 Å². The second kappa shape index (κ2) is 9.04. The van der Waals surface area contributed by atoms with Crippen molar-refractivity contribution >= 4 is 23.1 Å². The molecule has 3 rings (SSSR count). The van der Waals surface area contributed by atoms with E-state index < -0.39 is 17.7 Å². The molecular weight excluding hydrogens is 407 g/mol. The number of nitriles is 1. The van der Waals surface area contributed by atoms with E-state index in [2.05, 4.69) is 4.98 Å². The molecule has 2 heterocycles. The van der Waals surface area contributed by atoms with Crippen molar-refractivity contribution in [1.82, 2.24) is 9.55 Å². The fourth-order valence-electron chi connectivity index (χ4n) is 3.04. The summed E-state index contributed by atoms with van der Waals surface area (Å²) in [5, 5.41) is 10.1. The highest BCUT2D eigenvalue weighted by Crippen LogP contribution is 2.30. The van der Waals surface area contributed by atoms with Crippen molar-refractivity contribution < 1.29 is 22.7 Å². The topological polar surface area (TPSA) is 67.9 Å². The minimum atomic E-state index is -4.43. The zero-order valence-corrected chi connectivity index (χ0v) is 17.0. The monoisotopic (exact) mass is 427 g/mol. The molecule has 0 unspecified atom stereocenters. The van der Waals surface area contributed by atoms with Gasteiger partial charge < -0.3 is 9.30 Å². The van der Waals surface area contributed by atoms with E-state index in [0.717, 1.165) is 12.1 Å². The first kappa shape index (κ1) is 22.1. The number of esters is 1. The lowest BCUT2D eigenvalue weighted by Crippen LogP contribution is -2.11. The van der Waals surface area contributed by atoms with Crippen molar-refractivity contribution in [2.45, 2.75) is 26.6 Å². The lowest BCUT2D eigenvalue weighted by atomic mass is 10.1. The van der Waals surface area contributed by atoms with Crippen LogP contribution in [0.2, 0.25) is 0 Å². The van der Waals surface area contributed by atoms with Gasteiger partial charge in [0.15, 0.2) is 0 Å². The highest BCUT2D eigenvalue weighted by molar-refractivity contribution is 6.00. The third kappa shape index (κ3) is 5.31. The molecule has 0 spiro atoms. The molecular formula is C23H20F3N3O2. The first-order valence-electron chi connectivity index (χ1n) is 9.58. The Hall–Kier alpha value is -3.60. The predicted molar refractivity (Wildman–Crippen MR) is 110 cm³/mol. The summed E-state index contributed by atoms with van der Waals surface area (Å²) in [4.78, 5) is 16.5. The van der Waals surface area contributed by atoms with Crippen LogP contribution in [-0.4, -0.2) is 22.1 Å². The average molecular weight is 427 g/mol. The van der Waals surface area contributed by atoms with Gasteiger partial charge in [-0.05, 0) is 41.8 Å². The number of ether oxygens (including phenoxy) is 1. The van der Waals surface area contributed by atoms with Crippen molar-refractivity contribution in [3.05, 3.63) is 71.1 Å². The van der Waals surface area contributed by atoms with Crippen molar-refractivity contribution in [3.8, 4) is 6.07 Å². The SMILES string of the molecule is CC(C)COC(=O)/C(C#N)=C/c1cn(Cc2cccc(C(F)(F)F)c2)c2ncccc12. The van der Waals surface area contributed by atoms with Gasteiger partial charge in [-0.15, -0.1) is 0 Å². The molecule has 0 aliphatic heterocycles. The maximum atomic E-state index is 13.0. The molecule has 0 saturated heterocycles. The van der Waals surface area contributed by atoms with E-state index in [1.54, 1.807) is 35.2 Å². The fraction of sp³-hybridized carbons (Fsp3) is 0.261. The van der Waals surface area contributed by atoms with E-state index >= 15 is 0 Å². The van der Waals surface area contributed by atoms with E-state index in [-0.39, 0.29) is 24.6 Å². The number of pyridine rings is 1. The molecule has 0 N–H and O–H groups in total. The molecule has 0 radical (unpaired) electrons. The third-order valence-corrected chi connectivity index (χ3v) is 4.46. The molecule has 0 atom stereocenters. The number of carbonyl (C=O) groups excluding carboxylic acids is 1. The van der Waals surface area contributed by atoms with Crippen LogP contribution < -0.4 is 0 Å². The number of rotatable bonds is 6. The van der Waals surface area contributed by atoms with E-state index in [1.165, 1.54) is 12.1 Å². The Balaban J connectivity index is 1.98. The van der Waals surface area contributed by atoms with E-state index in [9.17, 15) is 23.2 Å². The number of hydrogen-bond acceptors (Lipinski definition) is 4. The molecule has 3 aromatic rings. The first-order valence-corrected chi connectivity index (χ1v) is 9.58. The van der Waals surface area contributed by atoms with Gasteiger partial charge in [-0.3, -0.25) is 0 Å². The average Bonchev–Trinajstić information content (AvgIpc) is 3.07. The second-order valence-corrected chi connectivity index (χ2v) is 7.45. The Bertz CT molecular complexity index is 1170. The van der Waals surface area contributed by atoms with Crippen LogP contribution in [0.25, 0.3) is 17.1 Å². The van der Waals surface area contributed by atoms with E-state index in [1.807, 2.05) is 19.9 Å². The molecule has 0 bridgehead atoms. The summed E-state index contributed by atoms with van der Waals surface area (Å²) in [6.45, 7) is 4.11. The summed E-state index contributed by atoms with van der Waals surface area (Å²) in [7, 11) is 0. The van der Waals surface area contributed by atoms with Crippen molar-refractivity contribution in [2.24, 2.45) is 5.92 Å². The normalized spacial score (nSPS) is 12.2. The number of hydrogen-bond donors (Lipinski definition) is 0. The van der Waals surface area contributed by atoms with Gasteiger partial charge in [0.25, 0.3) is 0 Å². The molecule has 2 aromatic heterocycles. The van der Waals surface area contributed by atoms with E-state index in [4.69, 9.17) is 4.74 Å². The minimum absolute atomic E-state index is 0.127. The van der Waals surface area contributed by atoms with Gasteiger partial charge >= 0.3 is 12.1 Å². The van der Waals surface area contributed by atoms with Crippen LogP contribution in [0.5, 0.6) is 0 Å². The van der Waals surface area contributed by atoms with Crippen LogP contribution in [0.1, 0.15) is 30.5 Å². The molecule has 0 aliphatic carbocycles. The van der Waals surface area contributed by atoms with Crippen LogP contribution in [0, 0.1) is 17.2 Å². The molecule has 5 nitrogen and oxygen atoms in total. The molecule has 8 heteroatoms. The largest absolute Gasteiger partial charge is 0.461 e. The van der Waals surface area contributed by atoms with Crippen LogP contribution in [0.15, 0.2) is 54.4 Å². The summed E-state index contributed by atoms with van der Waals surface area (Å²) >= 11 is 0. The van der Waals surface area contributed by atoms with E-state index in [0.29, 0.717) is 22.2 Å². The van der Waals surface area contributed by atoms with Gasteiger partial charge in [-0.1, -0.05) is 26.0 Å². The van der Waals surface area contributed by atoms with Crippen LogP contribution >= 0.6 is 0 Å². The zero-order chi connectivity index (χ0) is 22.6. The highest BCUT2D eigenvalue weighted by atomic mass is 19.4. The second-order valence-electron chi connectivity index (χ2n) is 7.45. The number of carbonyl (C=O) groups is 1. The quantitative estimate of drug-likeness (QED) is 0.308. The Morgan fingerprint density at radius 3 is 2.74 bits per heavy atom. The van der Waals surface area contributed by atoms with Gasteiger partial charge in [0, 0.05) is 29.9 Å². The molecule has 0 amide bonds. The lowest BCUT2D eigenvalue weighted by Gasteiger charge is -2.09. The maximum absolute atomic E-state index is 13.0. The molecule has 160 valence electrons. The Labute approximate surface area is 177 Å². The van der Waals surface area contributed by atoms with Crippen molar-refractivity contribution in [3.63, 3.8) is 0 Å². The molecule has 0 saturated carbocycles. The number of fused-ring (bicyclic) bond motifs is 1. The van der Waals surface area contributed by atoms with Crippen molar-refractivity contribution in [2.75, 3.05) is 6.61 Å². The van der Waals surface area contributed by atoms with Gasteiger partial charge in [-0.25, -0.2) is 9.78 Å².